The normalized spacial score (nSPS) is 9.60. The number of nitrogens with one attached hydrogen (secondary N) is 1. The van der Waals surface area contributed by atoms with Gasteiger partial charge in [-0.1, -0.05) is 0 Å². The zero-order valence-corrected chi connectivity index (χ0v) is 5.80. The van der Waals surface area contributed by atoms with Gasteiger partial charge in [-0.05, 0) is 0 Å². The van der Waals surface area contributed by atoms with Gasteiger partial charge in [-0.25, -0.2) is 9.52 Å². The summed E-state index contributed by atoms with van der Waals surface area (Å²) in [5.74, 6) is 0. The van der Waals surface area contributed by atoms with Crippen molar-refractivity contribution in [2.75, 3.05) is 7.11 Å². The molecule has 7 heteroatoms. The summed E-state index contributed by atoms with van der Waals surface area (Å²) < 4.78 is 25.6. The quantitative estimate of drug-likeness (QED) is 0.402. The number of sulfonamides is 1. The first kappa shape index (κ1) is 8.71. The SMILES string of the molecule is COC(=O)NS(=O)(=O)C#N. The molecular formula is C3H4N2O4S. The Morgan fingerprint density at radius 2 is 2.20 bits per heavy atom. The van der Waals surface area contributed by atoms with Crippen LogP contribution in [-0.2, 0) is 14.8 Å². The molecule has 0 heterocycles. The molecule has 0 aliphatic carbocycles. The molecule has 0 aromatic heterocycles. The topological polar surface area (TPSA) is 96.3 Å². The average Bonchev–Trinajstić information content (AvgIpc) is 1.87. The van der Waals surface area contributed by atoms with Crippen molar-refractivity contribution in [3.05, 3.63) is 0 Å². The smallest absolute Gasteiger partial charge is 0.421 e. The third-order valence-electron chi connectivity index (χ3n) is 0.523. The van der Waals surface area contributed by atoms with E-state index in [1.807, 2.05) is 0 Å². The van der Waals surface area contributed by atoms with Crippen LogP contribution in [0.15, 0.2) is 0 Å². The monoisotopic (exact) mass is 164 g/mol. The molecule has 0 bridgehead atoms. The highest BCUT2D eigenvalue weighted by atomic mass is 32.2. The van der Waals surface area contributed by atoms with E-state index in [4.69, 9.17) is 5.26 Å². The maximum Gasteiger partial charge on any atom is 0.421 e. The van der Waals surface area contributed by atoms with Crippen molar-refractivity contribution < 1.29 is 17.9 Å². The molecule has 0 aliphatic rings. The van der Waals surface area contributed by atoms with Gasteiger partial charge in [0.05, 0.1) is 7.11 Å². The Hall–Kier alpha value is -1.29. The van der Waals surface area contributed by atoms with E-state index in [-0.39, 0.29) is 0 Å². The Morgan fingerprint density at radius 1 is 1.70 bits per heavy atom. The van der Waals surface area contributed by atoms with Gasteiger partial charge in [-0.2, -0.15) is 13.7 Å². The minimum Gasteiger partial charge on any atom is -0.452 e. The molecule has 56 valence electrons. The molecule has 0 fully saturated rings. The number of hydrogen-bond acceptors (Lipinski definition) is 5. The highest BCUT2D eigenvalue weighted by Gasteiger charge is 2.11. The standard InChI is InChI=1S/C3H4N2O4S/c1-9-3(6)5-10(7,8)2-4/h1H3,(H,5,6). The molecule has 0 radical (unpaired) electrons. The van der Waals surface area contributed by atoms with Crippen LogP contribution in [0.4, 0.5) is 4.79 Å². The molecule has 10 heavy (non-hydrogen) atoms. The van der Waals surface area contributed by atoms with Gasteiger partial charge in [0.1, 0.15) is 0 Å². The largest absolute Gasteiger partial charge is 0.452 e. The molecule has 0 saturated carbocycles. The lowest BCUT2D eigenvalue weighted by atomic mass is 11.2. The molecular weight excluding hydrogens is 160 g/mol. The molecule has 0 aliphatic heterocycles. The highest BCUT2D eigenvalue weighted by molar-refractivity contribution is 7.94. The second kappa shape index (κ2) is 3.03. The molecule has 0 spiro atoms. The first-order valence-electron chi connectivity index (χ1n) is 2.03. The predicted molar refractivity (Wildman–Crippen MR) is 30.1 cm³/mol. The summed E-state index contributed by atoms with van der Waals surface area (Å²) in [6, 6.07) is 0. The van der Waals surface area contributed by atoms with Crippen LogP contribution in [0.25, 0.3) is 0 Å². The number of hydrogen-bond donors (Lipinski definition) is 1. The number of carbonyl (C=O) groups excluding carboxylic acids is 1. The summed E-state index contributed by atoms with van der Waals surface area (Å²) >= 11 is 0. The fraction of sp³-hybridized carbons (Fsp3) is 0.333. The van der Waals surface area contributed by atoms with E-state index in [2.05, 4.69) is 4.74 Å². The van der Waals surface area contributed by atoms with Crippen molar-refractivity contribution in [1.82, 2.24) is 4.72 Å². The zero-order valence-electron chi connectivity index (χ0n) is 4.99. The average molecular weight is 164 g/mol. The molecule has 1 amide bonds. The Bertz CT molecular complexity index is 261. The number of amides is 1. The van der Waals surface area contributed by atoms with Gasteiger partial charge in [-0.3, -0.25) is 0 Å². The predicted octanol–water partition coefficient (Wildman–Crippen LogP) is -0.847. The summed E-state index contributed by atoms with van der Waals surface area (Å²) in [5, 5.41) is 8.70. The highest BCUT2D eigenvalue weighted by Crippen LogP contribution is 1.79. The van der Waals surface area contributed by atoms with Crippen molar-refractivity contribution in [3.8, 4) is 5.40 Å². The van der Waals surface area contributed by atoms with Crippen LogP contribution in [0.5, 0.6) is 0 Å². The summed E-state index contributed by atoms with van der Waals surface area (Å²) in [4.78, 5) is 10.1. The first-order chi connectivity index (χ1) is 4.52. The fourth-order valence-electron chi connectivity index (χ4n) is 0.174. The molecule has 1 N–H and O–H groups in total. The number of rotatable bonds is 1. The second-order valence-electron chi connectivity index (χ2n) is 1.19. The van der Waals surface area contributed by atoms with Crippen molar-refractivity contribution in [2.45, 2.75) is 0 Å². The molecule has 0 aromatic carbocycles. The summed E-state index contributed by atoms with van der Waals surface area (Å²) in [6.07, 6.45) is -1.18. The maximum atomic E-state index is 10.2. The van der Waals surface area contributed by atoms with Gasteiger partial charge < -0.3 is 4.74 Å². The molecule has 0 atom stereocenters. The number of carbonyl (C=O) groups is 1. The van der Waals surface area contributed by atoms with Gasteiger partial charge in [-0.15, -0.1) is 0 Å². The molecule has 6 nitrogen and oxygen atoms in total. The molecule has 0 rings (SSSR count). The Balaban J connectivity index is 4.21. The fourth-order valence-corrected chi connectivity index (χ4v) is 0.523. The summed E-state index contributed by atoms with van der Waals surface area (Å²) in [6.45, 7) is 0. The minimum atomic E-state index is -4.15. The van der Waals surface area contributed by atoms with Crippen LogP contribution in [0.2, 0.25) is 0 Å². The van der Waals surface area contributed by atoms with Crippen LogP contribution in [0, 0.1) is 10.7 Å². The third-order valence-corrected chi connectivity index (χ3v) is 1.20. The van der Waals surface area contributed by atoms with Crippen molar-refractivity contribution in [2.24, 2.45) is 0 Å². The van der Waals surface area contributed by atoms with Crippen LogP contribution >= 0.6 is 0 Å². The molecule has 0 aromatic rings. The van der Waals surface area contributed by atoms with E-state index in [0.717, 1.165) is 12.5 Å². The van der Waals surface area contributed by atoms with Gasteiger partial charge in [0.15, 0.2) is 0 Å². The van der Waals surface area contributed by atoms with Crippen LogP contribution in [-0.4, -0.2) is 21.6 Å². The minimum absolute atomic E-state index is 0.867. The molecule has 0 unspecified atom stereocenters. The van der Waals surface area contributed by atoms with Gasteiger partial charge in [0.2, 0.25) is 5.40 Å². The number of nitriles is 1. The van der Waals surface area contributed by atoms with E-state index < -0.39 is 16.1 Å². The van der Waals surface area contributed by atoms with Gasteiger partial charge >= 0.3 is 16.1 Å². The van der Waals surface area contributed by atoms with E-state index >= 15 is 0 Å². The summed E-state index contributed by atoms with van der Waals surface area (Å²) in [7, 11) is -3.16. The maximum absolute atomic E-state index is 10.2. The number of nitrogens with zero attached hydrogens (tertiary/aromatic N) is 1. The Labute approximate surface area is 57.4 Å². The van der Waals surface area contributed by atoms with Gasteiger partial charge in [0.25, 0.3) is 0 Å². The number of thiocyanates is 1. The number of ether oxygens (including phenoxy) is 1. The first-order valence-corrected chi connectivity index (χ1v) is 3.51. The van der Waals surface area contributed by atoms with Crippen molar-refractivity contribution in [1.29, 1.82) is 5.26 Å². The van der Waals surface area contributed by atoms with E-state index in [1.165, 1.54) is 4.72 Å². The van der Waals surface area contributed by atoms with Crippen LogP contribution < -0.4 is 4.72 Å². The van der Waals surface area contributed by atoms with E-state index in [1.54, 1.807) is 0 Å². The van der Waals surface area contributed by atoms with E-state index in [9.17, 15) is 13.2 Å². The van der Waals surface area contributed by atoms with Gasteiger partial charge in [0, 0.05) is 0 Å². The lowest BCUT2D eigenvalue weighted by Crippen LogP contribution is -2.28. The zero-order chi connectivity index (χ0) is 8.20. The Morgan fingerprint density at radius 3 is 2.50 bits per heavy atom. The van der Waals surface area contributed by atoms with Crippen LogP contribution in [0.3, 0.4) is 0 Å². The third kappa shape index (κ3) is 2.88. The van der Waals surface area contributed by atoms with Crippen molar-refractivity contribution >= 4 is 16.1 Å². The van der Waals surface area contributed by atoms with Crippen LogP contribution in [0.1, 0.15) is 0 Å². The molecule has 0 saturated heterocycles. The summed E-state index contributed by atoms with van der Waals surface area (Å²) in [5.41, 5.74) is 0. The van der Waals surface area contributed by atoms with Crippen molar-refractivity contribution in [3.63, 3.8) is 0 Å². The van der Waals surface area contributed by atoms with E-state index in [0.29, 0.717) is 0 Å². The Kier molecular flexibility index (Phi) is 2.64. The number of methoxy groups -OCH3 is 1. The second-order valence-corrected chi connectivity index (χ2v) is 2.58. The lowest BCUT2D eigenvalue weighted by molar-refractivity contribution is 0.178. The lowest BCUT2D eigenvalue weighted by Gasteiger charge is -1.95.